The SMILES string of the molecule is CC1(N)CCNC2NCCC21. The molecule has 2 fully saturated rings. The Bertz CT molecular complexity index is 155. The molecule has 2 heterocycles. The largest absolute Gasteiger partial charge is 0.325 e. The number of fused-ring (bicyclic) bond motifs is 1. The minimum absolute atomic E-state index is 0.0550. The summed E-state index contributed by atoms with van der Waals surface area (Å²) in [7, 11) is 0. The summed E-state index contributed by atoms with van der Waals surface area (Å²) >= 11 is 0. The fourth-order valence-electron chi connectivity index (χ4n) is 2.31. The molecule has 2 saturated heterocycles. The Labute approximate surface area is 67.7 Å². The number of rotatable bonds is 0. The molecular weight excluding hydrogens is 138 g/mol. The Kier molecular flexibility index (Phi) is 1.67. The van der Waals surface area contributed by atoms with Crippen LogP contribution in [0.25, 0.3) is 0 Å². The van der Waals surface area contributed by atoms with Crippen molar-refractivity contribution in [3.05, 3.63) is 0 Å². The molecule has 3 heteroatoms. The normalized spacial score (nSPS) is 50.7. The summed E-state index contributed by atoms with van der Waals surface area (Å²) in [5.74, 6) is 0.635. The molecule has 0 bridgehead atoms. The highest BCUT2D eigenvalue weighted by Crippen LogP contribution is 2.30. The highest BCUT2D eigenvalue weighted by Gasteiger charge is 2.41. The van der Waals surface area contributed by atoms with Crippen LogP contribution in [0.15, 0.2) is 0 Å². The molecule has 0 spiro atoms. The van der Waals surface area contributed by atoms with Gasteiger partial charge in [-0.1, -0.05) is 0 Å². The Morgan fingerprint density at radius 1 is 1.36 bits per heavy atom. The van der Waals surface area contributed by atoms with Gasteiger partial charge in [-0.3, -0.25) is 0 Å². The summed E-state index contributed by atoms with van der Waals surface area (Å²) in [6.45, 7) is 4.36. The van der Waals surface area contributed by atoms with Gasteiger partial charge in [0, 0.05) is 11.5 Å². The third kappa shape index (κ3) is 1.17. The van der Waals surface area contributed by atoms with E-state index in [2.05, 4.69) is 17.6 Å². The molecule has 3 atom stereocenters. The van der Waals surface area contributed by atoms with Gasteiger partial charge in [0.1, 0.15) is 0 Å². The maximum atomic E-state index is 6.18. The Hall–Kier alpha value is -0.120. The highest BCUT2D eigenvalue weighted by molar-refractivity contribution is 5.00. The first-order chi connectivity index (χ1) is 5.20. The third-order valence-corrected chi connectivity index (χ3v) is 3.10. The summed E-state index contributed by atoms with van der Waals surface area (Å²) in [6, 6.07) is 0. The second kappa shape index (κ2) is 2.44. The van der Waals surface area contributed by atoms with Gasteiger partial charge in [-0.25, -0.2) is 0 Å². The van der Waals surface area contributed by atoms with Gasteiger partial charge < -0.3 is 16.4 Å². The predicted octanol–water partition coefficient (Wildman–Crippen LogP) is -0.367. The summed E-state index contributed by atoms with van der Waals surface area (Å²) in [4.78, 5) is 0. The molecule has 0 radical (unpaired) electrons. The topological polar surface area (TPSA) is 50.1 Å². The predicted molar refractivity (Wildman–Crippen MR) is 45.1 cm³/mol. The third-order valence-electron chi connectivity index (χ3n) is 3.10. The molecule has 2 aliphatic heterocycles. The van der Waals surface area contributed by atoms with E-state index in [1.54, 1.807) is 0 Å². The molecule has 0 aliphatic carbocycles. The van der Waals surface area contributed by atoms with E-state index in [0.29, 0.717) is 12.1 Å². The van der Waals surface area contributed by atoms with Crippen molar-refractivity contribution in [3.63, 3.8) is 0 Å². The lowest BCUT2D eigenvalue weighted by molar-refractivity contribution is 0.182. The number of hydrogen-bond acceptors (Lipinski definition) is 3. The van der Waals surface area contributed by atoms with Crippen LogP contribution in [0.5, 0.6) is 0 Å². The van der Waals surface area contributed by atoms with E-state index in [0.717, 1.165) is 19.5 Å². The summed E-state index contributed by atoms with van der Waals surface area (Å²) < 4.78 is 0. The number of nitrogens with two attached hydrogens (primary N) is 1. The molecule has 4 N–H and O–H groups in total. The lowest BCUT2D eigenvalue weighted by Gasteiger charge is -2.40. The van der Waals surface area contributed by atoms with Crippen LogP contribution in [-0.4, -0.2) is 24.8 Å². The van der Waals surface area contributed by atoms with Crippen molar-refractivity contribution in [1.82, 2.24) is 10.6 Å². The first-order valence-corrected chi connectivity index (χ1v) is 4.46. The number of nitrogens with one attached hydrogen (secondary N) is 2. The van der Waals surface area contributed by atoms with Gasteiger partial charge in [-0.2, -0.15) is 0 Å². The average molecular weight is 155 g/mol. The van der Waals surface area contributed by atoms with Crippen molar-refractivity contribution in [3.8, 4) is 0 Å². The van der Waals surface area contributed by atoms with Crippen molar-refractivity contribution < 1.29 is 0 Å². The van der Waals surface area contributed by atoms with E-state index < -0.39 is 0 Å². The maximum Gasteiger partial charge on any atom is 0.0618 e. The van der Waals surface area contributed by atoms with Crippen LogP contribution in [0.2, 0.25) is 0 Å². The molecule has 11 heavy (non-hydrogen) atoms. The molecule has 2 aliphatic rings. The fraction of sp³-hybridized carbons (Fsp3) is 1.00. The lowest BCUT2D eigenvalue weighted by Crippen LogP contribution is -2.60. The highest BCUT2D eigenvalue weighted by atomic mass is 15.2. The van der Waals surface area contributed by atoms with Gasteiger partial charge in [0.05, 0.1) is 6.17 Å². The molecule has 0 aromatic rings. The van der Waals surface area contributed by atoms with Crippen LogP contribution in [0.3, 0.4) is 0 Å². The van der Waals surface area contributed by atoms with Crippen molar-refractivity contribution in [2.75, 3.05) is 13.1 Å². The van der Waals surface area contributed by atoms with Crippen molar-refractivity contribution in [2.24, 2.45) is 11.7 Å². The smallest absolute Gasteiger partial charge is 0.0618 e. The first-order valence-electron chi connectivity index (χ1n) is 4.46. The minimum Gasteiger partial charge on any atom is -0.325 e. The minimum atomic E-state index is 0.0550. The molecule has 3 nitrogen and oxygen atoms in total. The van der Waals surface area contributed by atoms with Crippen LogP contribution in [-0.2, 0) is 0 Å². The average Bonchev–Trinajstić information content (AvgIpc) is 2.34. The fourth-order valence-corrected chi connectivity index (χ4v) is 2.31. The molecule has 0 saturated carbocycles. The second-order valence-electron chi connectivity index (χ2n) is 4.04. The zero-order valence-corrected chi connectivity index (χ0v) is 7.06. The second-order valence-corrected chi connectivity index (χ2v) is 4.04. The van der Waals surface area contributed by atoms with Crippen molar-refractivity contribution in [1.29, 1.82) is 0 Å². The van der Waals surface area contributed by atoms with Crippen LogP contribution in [0.4, 0.5) is 0 Å². The van der Waals surface area contributed by atoms with E-state index in [1.807, 2.05) is 0 Å². The monoisotopic (exact) mass is 155 g/mol. The molecule has 0 aromatic heterocycles. The Morgan fingerprint density at radius 3 is 2.82 bits per heavy atom. The van der Waals surface area contributed by atoms with Gasteiger partial charge in [-0.05, 0) is 32.9 Å². The van der Waals surface area contributed by atoms with Gasteiger partial charge in [0.15, 0.2) is 0 Å². The first kappa shape index (κ1) is 7.53. The Morgan fingerprint density at radius 2 is 2.09 bits per heavy atom. The molecule has 64 valence electrons. The van der Waals surface area contributed by atoms with Gasteiger partial charge in [0.25, 0.3) is 0 Å². The standard InChI is InChI=1S/C8H17N3/c1-8(9)3-5-11-7-6(8)2-4-10-7/h6-7,10-11H,2-5,9H2,1H3. The number of hydrogen-bond donors (Lipinski definition) is 3. The molecule has 0 aromatic carbocycles. The quantitative estimate of drug-likeness (QED) is 0.447. The van der Waals surface area contributed by atoms with Gasteiger partial charge in [-0.15, -0.1) is 0 Å². The summed E-state index contributed by atoms with van der Waals surface area (Å²) in [6.07, 6.45) is 2.82. The van der Waals surface area contributed by atoms with E-state index in [4.69, 9.17) is 5.73 Å². The van der Waals surface area contributed by atoms with Crippen LogP contribution in [0, 0.1) is 5.92 Å². The van der Waals surface area contributed by atoms with Crippen molar-refractivity contribution >= 4 is 0 Å². The number of piperidine rings is 1. The van der Waals surface area contributed by atoms with Gasteiger partial charge >= 0.3 is 0 Å². The van der Waals surface area contributed by atoms with E-state index in [1.165, 1.54) is 6.42 Å². The van der Waals surface area contributed by atoms with Gasteiger partial charge in [0.2, 0.25) is 0 Å². The Balaban J connectivity index is 2.13. The van der Waals surface area contributed by atoms with Crippen molar-refractivity contribution in [2.45, 2.75) is 31.5 Å². The molecule has 3 unspecified atom stereocenters. The van der Waals surface area contributed by atoms with Crippen LogP contribution < -0.4 is 16.4 Å². The van der Waals surface area contributed by atoms with Crippen LogP contribution in [0.1, 0.15) is 19.8 Å². The van der Waals surface area contributed by atoms with E-state index >= 15 is 0 Å². The molecular formula is C8H17N3. The summed E-state index contributed by atoms with van der Waals surface area (Å²) in [5, 5.41) is 6.87. The summed E-state index contributed by atoms with van der Waals surface area (Å²) in [5.41, 5.74) is 6.24. The van der Waals surface area contributed by atoms with E-state index in [-0.39, 0.29) is 5.54 Å². The maximum absolute atomic E-state index is 6.18. The van der Waals surface area contributed by atoms with E-state index in [9.17, 15) is 0 Å². The van der Waals surface area contributed by atoms with Crippen LogP contribution >= 0.6 is 0 Å². The zero-order valence-electron chi connectivity index (χ0n) is 7.06. The lowest BCUT2D eigenvalue weighted by atomic mass is 9.79. The molecule has 2 rings (SSSR count). The molecule has 0 amide bonds. The zero-order chi connectivity index (χ0) is 7.90.